The standard InChI is InChI=1S/C14H14N2O3/c17-14(11-4-2-1-3-5-11)10-15-12-6-8-13(9-7-12)16(18)19/h1-9,14-15,17H,10H2/t14-/m0/s1. The van der Waals surface area contributed by atoms with Crippen molar-refractivity contribution in [3.8, 4) is 0 Å². The van der Waals surface area contributed by atoms with Gasteiger partial charge in [-0.2, -0.15) is 0 Å². The van der Waals surface area contributed by atoms with Crippen LogP contribution in [-0.2, 0) is 0 Å². The van der Waals surface area contributed by atoms with Crippen LogP contribution in [0, 0.1) is 10.1 Å². The number of nitro groups is 1. The minimum atomic E-state index is -0.614. The minimum absolute atomic E-state index is 0.0501. The van der Waals surface area contributed by atoms with Crippen molar-refractivity contribution in [1.82, 2.24) is 0 Å². The first kappa shape index (κ1) is 13.0. The van der Waals surface area contributed by atoms with Gasteiger partial charge in [0.05, 0.1) is 11.0 Å². The van der Waals surface area contributed by atoms with E-state index in [0.29, 0.717) is 6.54 Å². The molecule has 2 aromatic carbocycles. The number of aliphatic hydroxyl groups is 1. The molecule has 0 spiro atoms. The third-order valence-electron chi connectivity index (χ3n) is 2.76. The van der Waals surface area contributed by atoms with Crippen LogP contribution in [0.2, 0.25) is 0 Å². The Balaban J connectivity index is 1.93. The van der Waals surface area contributed by atoms with Crippen LogP contribution in [0.25, 0.3) is 0 Å². The predicted octanol–water partition coefficient (Wildman–Crippen LogP) is 2.74. The molecule has 0 radical (unpaired) electrons. The smallest absolute Gasteiger partial charge is 0.269 e. The number of nitrogens with one attached hydrogen (secondary N) is 1. The zero-order chi connectivity index (χ0) is 13.7. The molecule has 0 heterocycles. The number of nitro benzene ring substituents is 1. The van der Waals surface area contributed by atoms with Crippen molar-refractivity contribution in [2.24, 2.45) is 0 Å². The van der Waals surface area contributed by atoms with E-state index in [2.05, 4.69) is 5.32 Å². The van der Waals surface area contributed by atoms with E-state index in [0.717, 1.165) is 11.3 Å². The Morgan fingerprint density at radius 2 is 1.74 bits per heavy atom. The lowest BCUT2D eigenvalue weighted by atomic mass is 10.1. The van der Waals surface area contributed by atoms with Gasteiger partial charge in [0.2, 0.25) is 0 Å². The molecule has 19 heavy (non-hydrogen) atoms. The molecular formula is C14H14N2O3. The van der Waals surface area contributed by atoms with Gasteiger partial charge in [-0.15, -0.1) is 0 Å². The summed E-state index contributed by atoms with van der Waals surface area (Å²) in [5, 5.41) is 23.5. The van der Waals surface area contributed by atoms with Crippen LogP contribution < -0.4 is 5.32 Å². The highest BCUT2D eigenvalue weighted by atomic mass is 16.6. The van der Waals surface area contributed by atoms with E-state index in [1.807, 2.05) is 30.3 Å². The predicted molar refractivity (Wildman–Crippen MR) is 73.0 cm³/mol. The van der Waals surface area contributed by atoms with Crippen LogP contribution in [0.15, 0.2) is 54.6 Å². The van der Waals surface area contributed by atoms with Crippen LogP contribution in [0.4, 0.5) is 11.4 Å². The van der Waals surface area contributed by atoms with Gasteiger partial charge >= 0.3 is 0 Å². The van der Waals surface area contributed by atoms with Gasteiger partial charge in [0.25, 0.3) is 5.69 Å². The van der Waals surface area contributed by atoms with Crippen molar-refractivity contribution in [3.63, 3.8) is 0 Å². The molecule has 0 saturated heterocycles. The van der Waals surface area contributed by atoms with Crippen molar-refractivity contribution < 1.29 is 10.0 Å². The Kier molecular flexibility index (Phi) is 4.10. The fourth-order valence-corrected chi connectivity index (χ4v) is 1.71. The summed E-state index contributed by atoms with van der Waals surface area (Å²) in [7, 11) is 0. The molecule has 0 fully saturated rings. The Morgan fingerprint density at radius 1 is 1.11 bits per heavy atom. The molecule has 2 rings (SSSR count). The molecule has 5 heteroatoms. The highest BCUT2D eigenvalue weighted by Crippen LogP contribution is 2.17. The normalized spacial score (nSPS) is 11.8. The summed E-state index contributed by atoms with van der Waals surface area (Å²) in [6, 6.07) is 15.4. The lowest BCUT2D eigenvalue weighted by Gasteiger charge is -2.12. The lowest BCUT2D eigenvalue weighted by Crippen LogP contribution is -2.11. The van der Waals surface area contributed by atoms with Gasteiger partial charge in [0.15, 0.2) is 0 Å². The molecule has 2 aromatic rings. The summed E-state index contributed by atoms with van der Waals surface area (Å²) in [6.07, 6.45) is -0.614. The minimum Gasteiger partial charge on any atom is -0.387 e. The molecule has 5 nitrogen and oxygen atoms in total. The fraction of sp³-hybridized carbons (Fsp3) is 0.143. The van der Waals surface area contributed by atoms with Crippen LogP contribution in [0.5, 0.6) is 0 Å². The molecule has 0 unspecified atom stereocenters. The quantitative estimate of drug-likeness (QED) is 0.638. The molecule has 1 atom stereocenters. The summed E-state index contributed by atoms with van der Waals surface area (Å²) >= 11 is 0. The van der Waals surface area contributed by atoms with E-state index in [1.54, 1.807) is 12.1 Å². The van der Waals surface area contributed by atoms with Gasteiger partial charge in [-0.1, -0.05) is 30.3 Å². The topological polar surface area (TPSA) is 75.4 Å². The number of rotatable bonds is 5. The monoisotopic (exact) mass is 258 g/mol. The highest BCUT2D eigenvalue weighted by Gasteiger charge is 2.07. The van der Waals surface area contributed by atoms with Crippen molar-refractivity contribution in [1.29, 1.82) is 0 Å². The first-order valence-electron chi connectivity index (χ1n) is 5.88. The third-order valence-corrected chi connectivity index (χ3v) is 2.76. The van der Waals surface area contributed by atoms with E-state index in [9.17, 15) is 15.2 Å². The van der Waals surface area contributed by atoms with Crippen LogP contribution >= 0.6 is 0 Å². The zero-order valence-electron chi connectivity index (χ0n) is 10.2. The van der Waals surface area contributed by atoms with Crippen LogP contribution in [-0.4, -0.2) is 16.6 Å². The molecule has 98 valence electrons. The van der Waals surface area contributed by atoms with Crippen molar-refractivity contribution >= 4 is 11.4 Å². The maximum atomic E-state index is 10.5. The van der Waals surface area contributed by atoms with E-state index < -0.39 is 11.0 Å². The Labute approximate surface area is 110 Å². The second kappa shape index (κ2) is 5.97. The third kappa shape index (κ3) is 3.53. The summed E-state index contributed by atoms with van der Waals surface area (Å²) in [5.41, 5.74) is 1.62. The van der Waals surface area contributed by atoms with Gasteiger partial charge in [-0.25, -0.2) is 0 Å². The number of aliphatic hydroxyl groups excluding tert-OH is 1. The largest absolute Gasteiger partial charge is 0.387 e. The Hall–Kier alpha value is -2.40. The lowest BCUT2D eigenvalue weighted by molar-refractivity contribution is -0.384. The van der Waals surface area contributed by atoms with Crippen molar-refractivity contribution in [2.75, 3.05) is 11.9 Å². The van der Waals surface area contributed by atoms with E-state index >= 15 is 0 Å². The molecule has 0 bridgehead atoms. The Morgan fingerprint density at radius 3 is 2.32 bits per heavy atom. The molecule has 0 saturated carbocycles. The molecule has 2 N–H and O–H groups in total. The number of hydrogen-bond acceptors (Lipinski definition) is 4. The molecule has 0 aliphatic carbocycles. The summed E-state index contributed by atoms with van der Waals surface area (Å²) < 4.78 is 0. The van der Waals surface area contributed by atoms with Crippen LogP contribution in [0.1, 0.15) is 11.7 Å². The van der Waals surface area contributed by atoms with E-state index in [-0.39, 0.29) is 5.69 Å². The van der Waals surface area contributed by atoms with Crippen molar-refractivity contribution in [2.45, 2.75) is 6.10 Å². The van der Waals surface area contributed by atoms with Gasteiger partial charge in [-0.05, 0) is 17.7 Å². The van der Waals surface area contributed by atoms with Gasteiger partial charge in [0.1, 0.15) is 0 Å². The van der Waals surface area contributed by atoms with Crippen LogP contribution in [0.3, 0.4) is 0 Å². The molecule has 0 amide bonds. The molecule has 0 aliphatic rings. The number of anilines is 1. The number of hydrogen-bond donors (Lipinski definition) is 2. The second-order valence-electron chi connectivity index (χ2n) is 4.11. The van der Waals surface area contributed by atoms with Gasteiger partial charge < -0.3 is 10.4 Å². The highest BCUT2D eigenvalue weighted by molar-refractivity contribution is 5.48. The van der Waals surface area contributed by atoms with E-state index in [1.165, 1.54) is 12.1 Å². The number of nitrogens with zero attached hydrogens (tertiary/aromatic N) is 1. The average Bonchev–Trinajstić information content (AvgIpc) is 2.46. The zero-order valence-corrected chi connectivity index (χ0v) is 10.2. The summed E-state index contributed by atoms with van der Waals surface area (Å²) in [4.78, 5) is 10.1. The SMILES string of the molecule is O=[N+]([O-])c1ccc(NC[C@H](O)c2ccccc2)cc1. The fourth-order valence-electron chi connectivity index (χ4n) is 1.71. The molecular weight excluding hydrogens is 244 g/mol. The maximum Gasteiger partial charge on any atom is 0.269 e. The van der Waals surface area contributed by atoms with Gasteiger partial charge in [0, 0.05) is 24.4 Å². The molecule has 0 aliphatic heterocycles. The Bertz CT molecular complexity index is 540. The summed E-state index contributed by atoms with van der Waals surface area (Å²) in [6.45, 7) is 0.349. The number of non-ortho nitro benzene ring substituents is 1. The number of benzene rings is 2. The maximum absolute atomic E-state index is 10.5. The van der Waals surface area contributed by atoms with E-state index in [4.69, 9.17) is 0 Å². The average molecular weight is 258 g/mol. The molecule has 0 aromatic heterocycles. The van der Waals surface area contributed by atoms with Gasteiger partial charge in [-0.3, -0.25) is 10.1 Å². The second-order valence-corrected chi connectivity index (χ2v) is 4.11. The first-order chi connectivity index (χ1) is 9.16. The summed E-state index contributed by atoms with van der Waals surface area (Å²) in [5.74, 6) is 0. The first-order valence-corrected chi connectivity index (χ1v) is 5.88. The van der Waals surface area contributed by atoms with Crippen molar-refractivity contribution in [3.05, 3.63) is 70.3 Å².